The van der Waals surface area contributed by atoms with Crippen molar-refractivity contribution in [1.29, 1.82) is 0 Å². The topological polar surface area (TPSA) is 73.6 Å². The summed E-state index contributed by atoms with van der Waals surface area (Å²) in [6.45, 7) is 2.75. The summed E-state index contributed by atoms with van der Waals surface area (Å²) in [6, 6.07) is 15.3. The van der Waals surface area contributed by atoms with E-state index in [0.29, 0.717) is 30.2 Å². The lowest BCUT2D eigenvalue weighted by Gasteiger charge is -2.10. The van der Waals surface area contributed by atoms with Gasteiger partial charge in [0, 0.05) is 5.69 Å². The number of nitrogens with two attached hydrogens (primary N) is 1. The fourth-order valence-corrected chi connectivity index (χ4v) is 2.13. The molecule has 23 heavy (non-hydrogen) atoms. The molecular weight excluding hydrogens is 292 g/mol. The van der Waals surface area contributed by atoms with Crippen molar-refractivity contribution in [3.63, 3.8) is 0 Å². The lowest BCUT2D eigenvalue weighted by atomic mass is 10.1. The molecule has 0 radical (unpaired) electrons. The van der Waals surface area contributed by atoms with Gasteiger partial charge in [-0.15, -0.1) is 0 Å². The Balaban J connectivity index is 1.86. The molecule has 1 amide bonds. The molecule has 122 valence electrons. The number of nitrogen functional groups attached to an aromatic ring is 1. The van der Waals surface area contributed by atoms with Crippen molar-refractivity contribution in [3.05, 3.63) is 59.7 Å². The molecule has 5 nitrogen and oxygen atoms in total. The summed E-state index contributed by atoms with van der Waals surface area (Å²) in [5, 5.41) is 0. The second-order valence-electron chi connectivity index (χ2n) is 5.05. The number of hydrogen-bond acceptors (Lipinski definition) is 4. The van der Waals surface area contributed by atoms with Crippen LogP contribution in [0.5, 0.6) is 5.75 Å². The highest BCUT2D eigenvalue weighted by molar-refractivity contribution is 5.98. The Morgan fingerprint density at radius 1 is 1.17 bits per heavy atom. The summed E-state index contributed by atoms with van der Waals surface area (Å²) < 4.78 is 5.70. The number of nitrogens with one attached hydrogen (secondary N) is 1. The minimum atomic E-state index is -0.376. The van der Waals surface area contributed by atoms with Crippen molar-refractivity contribution in [1.82, 2.24) is 5.48 Å². The van der Waals surface area contributed by atoms with E-state index >= 15 is 0 Å². The van der Waals surface area contributed by atoms with E-state index in [1.807, 2.05) is 18.2 Å². The van der Waals surface area contributed by atoms with E-state index in [1.54, 1.807) is 25.1 Å². The third-order valence-electron chi connectivity index (χ3n) is 3.30. The number of aryl methyl sites for hydroxylation is 1. The quantitative estimate of drug-likeness (QED) is 0.446. The lowest BCUT2D eigenvalue weighted by Crippen LogP contribution is -2.24. The zero-order valence-corrected chi connectivity index (χ0v) is 13.2. The first-order valence-electron chi connectivity index (χ1n) is 7.69. The molecule has 0 atom stereocenters. The summed E-state index contributed by atoms with van der Waals surface area (Å²) >= 11 is 0. The number of ether oxygens (including phenoxy) is 1. The van der Waals surface area contributed by atoms with E-state index in [2.05, 4.69) is 17.6 Å². The minimum Gasteiger partial charge on any atom is -0.494 e. The van der Waals surface area contributed by atoms with Crippen molar-refractivity contribution in [2.24, 2.45) is 0 Å². The molecular formula is C18H22N2O3. The number of benzene rings is 2. The summed E-state index contributed by atoms with van der Waals surface area (Å²) in [6.07, 6.45) is 1.85. The maximum absolute atomic E-state index is 11.9. The van der Waals surface area contributed by atoms with Gasteiger partial charge in [-0.2, -0.15) is 0 Å². The zero-order chi connectivity index (χ0) is 16.5. The maximum Gasteiger partial charge on any atom is 0.277 e. The molecule has 0 aliphatic heterocycles. The first-order chi connectivity index (χ1) is 11.2. The van der Waals surface area contributed by atoms with Crippen LogP contribution in [0.4, 0.5) is 5.69 Å². The molecule has 0 spiro atoms. The molecule has 2 aromatic rings. The van der Waals surface area contributed by atoms with Crippen LogP contribution in [-0.4, -0.2) is 19.1 Å². The molecule has 0 saturated carbocycles. The Kier molecular flexibility index (Phi) is 6.44. The van der Waals surface area contributed by atoms with Gasteiger partial charge in [-0.05, 0) is 43.5 Å². The molecule has 0 aliphatic rings. The van der Waals surface area contributed by atoms with Gasteiger partial charge in [-0.3, -0.25) is 9.63 Å². The predicted molar refractivity (Wildman–Crippen MR) is 90.2 cm³/mol. The van der Waals surface area contributed by atoms with Gasteiger partial charge in [0.2, 0.25) is 0 Å². The van der Waals surface area contributed by atoms with Gasteiger partial charge >= 0.3 is 0 Å². The monoisotopic (exact) mass is 314 g/mol. The maximum atomic E-state index is 11.9. The number of anilines is 1. The Hall–Kier alpha value is -2.53. The van der Waals surface area contributed by atoms with Gasteiger partial charge in [0.15, 0.2) is 0 Å². The Morgan fingerprint density at radius 2 is 1.96 bits per heavy atom. The average Bonchev–Trinajstić information content (AvgIpc) is 2.59. The highest BCUT2D eigenvalue weighted by atomic mass is 16.6. The summed E-state index contributed by atoms with van der Waals surface area (Å²) in [5.74, 6) is 0.244. The summed E-state index contributed by atoms with van der Waals surface area (Å²) in [7, 11) is 0. The molecule has 5 heteroatoms. The summed E-state index contributed by atoms with van der Waals surface area (Å²) in [5.41, 5.74) is 10.2. The van der Waals surface area contributed by atoms with E-state index in [9.17, 15) is 4.79 Å². The van der Waals surface area contributed by atoms with Crippen LogP contribution in [0.2, 0.25) is 0 Å². The van der Waals surface area contributed by atoms with Crippen LogP contribution in [0.3, 0.4) is 0 Å². The van der Waals surface area contributed by atoms with Crippen molar-refractivity contribution < 1.29 is 14.4 Å². The number of hydroxylamine groups is 1. The second-order valence-corrected chi connectivity index (χ2v) is 5.05. The zero-order valence-electron chi connectivity index (χ0n) is 13.2. The molecule has 0 aromatic heterocycles. The number of carbonyl (C=O) groups excluding carboxylic acids is 1. The highest BCUT2D eigenvalue weighted by Crippen LogP contribution is 2.20. The molecule has 3 N–H and O–H groups in total. The van der Waals surface area contributed by atoms with Crippen molar-refractivity contribution in [2.45, 2.75) is 19.8 Å². The minimum absolute atomic E-state index is 0.346. The number of hydrogen-bond donors (Lipinski definition) is 2. The van der Waals surface area contributed by atoms with E-state index in [-0.39, 0.29) is 5.91 Å². The predicted octanol–water partition coefficient (Wildman–Crippen LogP) is 2.96. The van der Waals surface area contributed by atoms with E-state index in [0.717, 1.165) is 12.8 Å². The number of rotatable bonds is 8. The van der Waals surface area contributed by atoms with Gasteiger partial charge in [-0.1, -0.05) is 30.3 Å². The van der Waals surface area contributed by atoms with Gasteiger partial charge < -0.3 is 10.5 Å². The van der Waals surface area contributed by atoms with Crippen LogP contribution >= 0.6 is 0 Å². The van der Waals surface area contributed by atoms with Crippen LogP contribution in [-0.2, 0) is 11.3 Å². The third kappa shape index (κ3) is 5.30. The van der Waals surface area contributed by atoms with Crippen LogP contribution < -0.4 is 16.0 Å². The molecule has 0 fully saturated rings. The molecule has 0 unspecified atom stereocenters. The standard InChI is InChI=1S/C18H22N2O3/c1-2-23-20-18(21)16-13-15(10-11-17(16)19)22-12-6-9-14-7-4-3-5-8-14/h3-5,7-8,10-11,13H,2,6,9,12,19H2,1H3,(H,20,21). The number of amides is 1. The SMILES string of the molecule is CCONC(=O)c1cc(OCCCc2ccccc2)ccc1N. The molecule has 2 aromatic carbocycles. The van der Waals surface area contributed by atoms with Gasteiger partial charge in [0.1, 0.15) is 5.75 Å². The van der Waals surface area contributed by atoms with Crippen LogP contribution in [0.1, 0.15) is 29.3 Å². The van der Waals surface area contributed by atoms with Crippen LogP contribution in [0.15, 0.2) is 48.5 Å². The summed E-state index contributed by atoms with van der Waals surface area (Å²) in [4.78, 5) is 16.8. The third-order valence-corrected chi connectivity index (χ3v) is 3.30. The van der Waals surface area contributed by atoms with E-state index in [4.69, 9.17) is 15.3 Å². The normalized spacial score (nSPS) is 10.3. The molecule has 0 heterocycles. The average molecular weight is 314 g/mol. The Morgan fingerprint density at radius 3 is 2.70 bits per heavy atom. The largest absolute Gasteiger partial charge is 0.494 e. The van der Waals surface area contributed by atoms with Gasteiger partial charge in [-0.25, -0.2) is 5.48 Å². The van der Waals surface area contributed by atoms with Crippen LogP contribution in [0.25, 0.3) is 0 Å². The van der Waals surface area contributed by atoms with Crippen molar-refractivity contribution in [2.75, 3.05) is 18.9 Å². The fraction of sp³-hybridized carbons (Fsp3) is 0.278. The highest BCUT2D eigenvalue weighted by Gasteiger charge is 2.11. The lowest BCUT2D eigenvalue weighted by molar-refractivity contribution is 0.0365. The second kappa shape index (κ2) is 8.80. The molecule has 2 rings (SSSR count). The fourth-order valence-electron chi connectivity index (χ4n) is 2.13. The molecule has 0 saturated heterocycles. The van der Waals surface area contributed by atoms with Crippen molar-refractivity contribution in [3.8, 4) is 5.75 Å². The first-order valence-corrected chi connectivity index (χ1v) is 7.69. The van der Waals surface area contributed by atoms with Crippen molar-refractivity contribution >= 4 is 11.6 Å². The Bertz CT molecular complexity index is 629. The van der Waals surface area contributed by atoms with E-state index < -0.39 is 0 Å². The Labute approximate surface area is 136 Å². The van der Waals surface area contributed by atoms with Gasteiger partial charge in [0.25, 0.3) is 5.91 Å². The van der Waals surface area contributed by atoms with E-state index in [1.165, 1.54) is 5.56 Å². The first kappa shape index (κ1) is 16.8. The molecule has 0 bridgehead atoms. The van der Waals surface area contributed by atoms with Gasteiger partial charge in [0.05, 0.1) is 18.8 Å². The molecule has 0 aliphatic carbocycles. The van der Waals surface area contributed by atoms with Crippen LogP contribution in [0, 0.1) is 0 Å². The smallest absolute Gasteiger partial charge is 0.277 e. The number of carbonyl (C=O) groups is 1.